The molecular weight excluding hydrogens is 312 g/mol. The van der Waals surface area contributed by atoms with Gasteiger partial charge in [-0.3, -0.25) is 5.43 Å². The van der Waals surface area contributed by atoms with Gasteiger partial charge in [0.1, 0.15) is 24.6 Å². The average molecular weight is 337 g/mol. The summed E-state index contributed by atoms with van der Waals surface area (Å²) in [5, 5.41) is 7.83. The van der Waals surface area contributed by atoms with Crippen molar-refractivity contribution in [2.24, 2.45) is 11.0 Å². The molecule has 1 saturated carbocycles. The zero-order chi connectivity index (χ0) is 16.1. The van der Waals surface area contributed by atoms with Gasteiger partial charge >= 0.3 is 0 Å². The lowest BCUT2D eigenvalue weighted by Crippen LogP contribution is -3.14. The molecule has 0 amide bonds. The number of thiocarbonyl (C=S) groups is 1. The van der Waals surface area contributed by atoms with E-state index in [9.17, 15) is 0 Å². The van der Waals surface area contributed by atoms with Crippen LogP contribution in [0, 0.1) is 5.92 Å². The Bertz CT molecular complexity index is 554. The van der Waals surface area contributed by atoms with Crippen LogP contribution in [0.15, 0.2) is 21.7 Å². The summed E-state index contributed by atoms with van der Waals surface area (Å²) >= 11 is 5.21. The van der Waals surface area contributed by atoms with Crippen molar-refractivity contribution in [3.05, 3.63) is 23.7 Å². The van der Waals surface area contributed by atoms with E-state index in [0.29, 0.717) is 11.0 Å². The average Bonchev–Trinajstić information content (AvgIpc) is 3.09. The van der Waals surface area contributed by atoms with Crippen molar-refractivity contribution in [2.45, 2.75) is 19.3 Å². The Morgan fingerprint density at radius 3 is 2.96 bits per heavy atom. The van der Waals surface area contributed by atoms with Crippen LogP contribution in [0.25, 0.3) is 0 Å². The molecule has 3 rings (SSSR count). The predicted octanol–water partition coefficient (Wildman–Crippen LogP) is 0.116. The van der Waals surface area contributed by atoms with E-state index in [1.807, 2.05) is 12.1 Å². The third kappa shape index (κ3) is 5.02. The van der Waals surface area contributed by atoms with Gasteiger partial charge in [-0.15, -0.1) is 0 Å². The highest BCUT2D eigenvalue weighted by molar-refractivity contribution is 7.80. The lowest BCUT2D eigenvalue weighted by atomic mass is 10.3. The lowest BCUT2D eigenvalue weighted by Gasteiger charge is -2.23. The molecule has 0 aromatic carbocycles. The molecule has 7 heteroatoms. The SMILES string of the molecule is C[C@H]1C[C@H]1c1ccc(/C=N\NC(=S)NCC[NH+]2CCOCC2)o1. The van der Waals surface area contributed by atoms with Gasteiger partial charge in [-0.05, 0) is 36.7 Å². The summed E-state index contributed by atoms with van der Waals surface area (Å²) < 4.78 is 11.1. The van der Waals surface area contributed by atoms with Crippen LogP contribution < -0.4 is 15.6 Å². The van der Waals surface area contributed by atoms with E-state index in [1.165, 1.54) is 6.42 Å². The quantitative estimate of drug-likeness (QED) is 0.391. The Morgan fingerprint density at radius 1 is 1.43 bits per heavy atom. The minimum Gasteiger partial charge on any atom is -0.460 e. The van der Waals surface area contributed by atoms with Crippen molar-refractivity contribution in [3.8, 4) is 0 Å². The third-order valence-electron chi connectivity index (χ3n) is 4.44. The van der Waals surface area contributed by atoms with Crippen LogP contribution in [0.3, 0.4) is 0 Å². The number of nitrogens with one attached hydrogen (secondary N) is 3. The Kier molecular flexibility index (Phi) is 5.64. The Labute approximate surface area is 142 Å². The van der Waals surface area contributed by atoms with Gasteiger partial charge < -0.3 is 19.4 Å². The van der Waals surface area contributed by atoms with Crippen molar-refractivity contribution in [1.29, 1.82) is 0 Å². The van der Waals surface area contributed by atoms with Crippen molar-refractivity contribution in [1.82, 2.24) is 10.7 Å². The standard InChI is InChI=1S/C16H24N4O2S/c1-12-10-14(12)15-3-2-13(22-15)11-18-19-16(23)17-4-5-20-6-8-21-9-7-20/h2-3,11-12,14H,4-10H2,1H3,(H2,17,19,23)/p+1/b18-11-/t12-,14+/m0/s1. The van der Waals surface area contributed by atoms with Crippen molar-refractivity contribution in [3.63, 3.8) is 0 Å². The molecule has 0 spiro atoms. The van der Waals surface area contributed by atoms with E-state index in [1.54, 1.807) is 11.1 Å². The summed E-state index contributed by atoms with van der Waals surface area (Å²) in [7, 11) is 0. The summed E-state index contributed by atoms with van der Waals surface area (Å²) in [5.74, 6) is 3.16. The monoisotopic (exact) mass is 337 g/mol. The number of ether oxygens (including phenoxy) is 1. The number of quaternary nitrogens is 1. The molecule has 1 aliphatic heterocycles. The van der Waals surface area contributed by atoms with Gasteiger partial charge in [0.15, 0.2) is 5.11 Å². The van der Waals surface area contributed by atoms with E-state index in [-0.39, 0.29) is 0 Å². The number of nitrogens with zero attached hydrogens (tertiary/aromatic N) is 1. The molecular formula is C16H25N4O2S+. The van der Waals surface area contributed by atoms with E-state index in [0.717, 1.165) is 56.8 Å². The maximum Gasteiger partial charge on any atom is 0.187 e. The number of hydrogen-bond acceptors (Lipinski definition) is 4. The van der Waals surface area contributed by atoms with Gasteiger partial charge in [0.2, 0.25) is 0 Å². The van der Waals surface area contributed by atoms with Gasteiger partial charge in [-0.1, -0.05) is 6.92 Å². The van der Waals surface area contributed by atoms with Crippen LogP contribution in [0.5, 0.6) is 0 Å². The highest BCUT2D eigenvalue weighted by Gasteiger charge is 2.36. The second kappa shape index (κ2) is 7.90. The molecule has 6 nitrogen and oxygen atoms in total. The maximum absolute atomic E-state index is 5.75. The van der Waals surface area contributed by atoms with E-state index in [4.69, 9.17) is 21.4 Å². The van der Waals surface area contributed by atoms with Crippen LogP contribution in [-0.2, 0) is 4.74 Å². The molecule has 0 radical (unpaired) electrons. The first kappa shape index (κ1) is 16.4. The molecule has 3 N–H and O–H groups in total. The summed E-state index contributed by atoms with van der Waals surface area (Å²) in [6.07, 6.45) is 2.89. The minimum atomic E-state index is 0.538. The molecule has 2 aliphatic rings. The van der Waals surface area contributed by atoms with Gasteiger partial charge in [0.05, 0.1) is 32.5 Å². The fourth-order valence-electron chi connectivity index (χ4n) is 2.81. The van der Waals surface area contributed by atoms with Gasteiger partial charge in [0, 0.05) is 5.92 Å². The number of rotatable bonds is 6. The second-order valence-electron chi connectivity index (χ2n) is 6.30. The first-order valence-electron chi connectivity index (χ1n) is 8.30. The first-order chi connectivity index (χ1) is 11.2. The number of hydrazone groups is 1. The van der Waals surface area contributed by atoms with E-state index >= 15 is 0 Å². The molecule has 2 heterocycles. The molecule has 1 aromatic heterocycles. The van der Waals surface area contributed by atoms with Crippen LogP contribution in [0.1, 0.15) is 30.8 Å². The Hall–Kier alpha value is -1.44. The Morgan fingerprint density at radius 2 is 2.22 bits per heavy atom. The first-order valence-corrected chi connectivity index (χ1v) is 8.71. The largest absolute Gasteiger partial charge is 0.460 e. The summed E-state index contributed by atoms with van der Waals surface area (Å²) in [6.45, 7) is 7.96. The van der Waals surface area contributed by atoms with Crippen molar-refractivity contribution < 1.29 is 14.1 Å². The molecule has 0 bridgehead atoms. The fraction of sp³-hybridized carbons (Fsp3) is 0.625. The van der Waals surface area contributed by atoms with Crippen molar-refractivity contribution >= 4 is 23.5 Å². The second-order valence-corrected chi connectivity index (χ2v) is 6.71. The van der Waals surface area contributed by atoms with Crippen LogP contribution in [0.2, 0.25) is 0 Å². The molecule has 2 fully saturated rings. The molecule has 1 aromatic rings. The molecule has 126 valence electrons. The number of hydrogen-bond donors (Lipinski definition) is 3. The molecule has 0 unspecified atom stereocenters. The van der Waals surface area contributed by atoms with Crippen molar-refractivity contribution in [2.75, 3.05) is 39.4 Å². The summed E-state index contributed by atoms with van der Waals surface area (Å²) in [4.78, 5) is 1.55. The number of furan rings is 1. The maximum atomic E-state index is 5.75. The van der Waals surface area contributed by atoms with Gasteiger partial charge in [-0.2, -0.15) is 5.10 Å². The third-order valence-corrected chi connectivity index (χ3v) is 4.68. The zero-order valence-electron chi connectivity index (χ0n) is 13.5. The normalized spacial score (nSPS) is 24.7. The predicted molar refractivity (Wildman–Crippen MR) is 92.9 cm³/mol. The lowest BCUT2D eigenvalue weighted by molar-refractivity contribution is -0.906. The molecule has 1 saturated heterocycles. The molecule has 1 aliphatic carbocycles. The Balaban J connectivity index is 1.32. The summed E-state index contributed by atoms with van der Waals surface area (Å²) in [6, 6.07) is 3.99. The van der Waals surface area contributed by atoms with Gasteiger partial charge in [0.25, 0.3) is 0 Å². The smallest absolute Gasteiger partial charge is 0.187 e. The summed E-state index contributed by atoms with van der Waals surface area (Å²) in [5.41, 5.74) is 2.83. The topological polar surface area (TPSA) is 63.2 Å². The minimum absolute atomic E-state index is 0.538. The molecule has 2 atom stereocenters. The highest BCUT2D eigenvalue weighted by atomic mass is 32.1. The van der Waals surface area contributed by atoms with Crippen LogP contribution in [0.4, 0.5) is 0 Å². The van der Waals surface area contributed by atoms with Crippen LogP contribution in [-0.4, -0.2) is 50.7 Å². The highest BCUT2D eigenvalue weighted by Crippen LogP contribution is 2.47. The number of morpholine rings is 1. The fourth-order valence-corrected chi connectivity index (χ4v) is 2.97. The zero-order valence-corrected chi connectivity index (χ0v) is 14.3. The molecule has 23 heavy (non-hydrogen) atoms. The van der Waals surface area contributed by atoms with E-state index in [2.05, 4.69) is 22.8 Å². The van der Waals surface area contributed by atoms with E-state index < -0.39 is 0 Å². The van der Waals surface area contributed by atoms with Gasteiger partial charge in [-0.25, -0.2) is 0 Å². The van der Waals surface area contributed by atoms with Crippen LogP contribution >= 0.6 is 12.2 Å².